The van der Waals surface area contributed by atoms with Crippen LogP contribution < -0.4 is 4.72 Å². The van der Waals surface area contributed by atoms with Crippen molar-refractivity contribution in [3.63, 3.8) is 0 Å². The van der Waals surface area contributed by atoms with E-state index in [-0.39, 0.29) is 10.4 Å². The average Bonchev–Trinajstić information content (AvgIpc) is 2.27. The lowest BCUT2D eigenvalue weighted by Crippen LogP contribution is -2.52. The fourth-order valence-corrected chi connectivity index (χ4v) is 5.19. The van der Waals surface area contributed by atoms with Crippen molar-refractivity contribution in [3.8, 4) is 0 Å². The second-order valence-electron chi connectivity index (χ2n) is 4.67. The third-order valence-electron chi connectivity index (χ3n) is 3.52. The predicted molar refractivity (Wildman–Crippen MR) is 79.0 cm³/mol. The standard InChI is InChI=1S/C12H15Br2NO2S/c1-2-12(6-3-7-12)15-18(16,17)11-8-9(13)4-5-10(11)14/h4-5,8,15H,2-3,6-7H2,1H3. The van der Waals surface area contributed by atoms with Crippen LogP contribution in [0, 0.1) is 0 Å². The quantitative estimate of drug-likeness (QED) is 0.840. The van der Waals surface area contributed by atoms with E-state index in [2.05, 4.69) is 36.6 Å². The third kappa shape index (κ3) is 2.81. The molecule has 3 nitrogen and oxygen atoms in total. The van der Waals surface area contributed by atoms with E-state index in [1.165, 1.54) is 0 Å². The Kier molecular flexibility index (Phi) is 4.21. The van der Waals surface area contributed by atoms with Gasteiger partial charge in [0.05, 0.1) is 4.90 Å². The van der Waals surface area contributed by atoms with Crippen LogP contribution in [0.1, 0.15) is 32.6 Å². The number of nitrogens with one attached hydrogen (secondary N) is 1. The van der Waals surface area contributed by atoms with Gasteiger partial charge in [0.1, 0.15) is 0 Å². The van der Waals surface area contributed by atoms with Gasteiger partial charge < -0.3 is 0 Å². The fraction of sp³-hybridized carbons (Fsp3) is 0.500. The molecule has 0 bridgehead atoms. The minimum absolute atomic E-state index is 0.236. The molecule has 0 radical (unpaired) electrons. The molecule has 0 aliphatic heterocycles. The highest BCUT2D eigenvalue weighted by Crippen LogP contribution is 2.37. The van der Waals surface area contributed by atoms with Gasteiger partial charge >= 0.3 is 0 Å². The van der Waals surface area contributed by atoms with Gasteiger partial charge in [-0.15, -0.1) is 0 Å². The molecule has 0 aromatic heterocycles. The van der Waals surface area contributed by atoms with Crippen molar-refractivity contribution in [2.24, 2.45) is 0 Å². The maximum atomic E-state index is 12.4. The first-order valence-corrected chi connectivity index (χ1v) is 8.94. The van der Waals surface area contributed by atoms with Crippen LogP contribution in [0.4, 0.5) is 0 Å². The SMILES string of the molecule is CCC1(NS(=O)(=O)c2cc(Br)ccc2Br)CCC1. The van der Waals surface area contributed by atoms with Gasteiger partial charge in [0, 0.05) is 14.5 Å². The molecular weight excluding hydrogens is 382 g/mol. The molecule has 1 aliphatic rings. The summed E-state index contributed by atoms with van der Waals surface area (Å²) in [6.45, 7) is 2.03. The van der Waals surface area contributed by atoms with Crippen LogP contribution in [0.2, 0.25) is 0 Å². The van der Waals surface area contributed by atoms with Crippen molar-refractivity contribution in [1.29, 1.82) is 0 Å². The van der Waals surface area contributed by atoms with Gasteiger partial charge in [-0.25, -0.2) is 13.1 Å². The largest absolute Gasteiger partial charge is 0.242 e. The summed E-state index contributed by atoms with van der Waals surface area (Å²) in [6, 6.07) is 5.16. The van der Waals surface area contributed by atoms with Gasteiger partial charge in [-0.1, -0.05) is 22.9 Å². The molecule has 18 heavy (non-hydrogen) atoms. The molecule has 1 fully saturated rings. The van der Waals surface area contributed by atoms with Crippen molar-refractivity contribution < 1.29 is 8.42 Å². The molecule has 0 spiro atoms. The molecule has 0 heterocycles. The smallest absolute Gasteiger partial charge is 0.207 e. The lowest BCUT2D eigenvalue weighted by atomic mass is 9.76. The Balaban J connectivity index is 2.33. The number of rotatable bonds is 4. The molecule has 6 heteroatoms. The first kappa shape index (κ1) is 14.5. The summed E-state index contributed by atoms with van der Waals surface area (Å²) < 4.78 is 29.0. The molecule has 1 N–H and O–H groups in total. The second kappa shape index (κ2) is 5.23. The Morgan fingerprint density at radius 1 is 1.33 bits per heavy atom. The molecule has 1 aromatic carbocycles. The third-order valence-corrected chi connectivity index (χ3v) is 6.59. The molecule has 1 aliphatic carbocycles. The van der Waals surface area contributed by atoms with Gasteiger partial charge in [-0.2, -0.15) is 0 Å². The lowest BCUT2D eigenvalue weighted by molar-refractivity contribution is 0.214. The molecule has 0 amide bonds. The maximum Gasteiger partial charge on any atom is 0.242 e. The number of benzene rings is 1. The monoisotopic (exact) mass is 395 g/mol. The van der Waals surface area contributed by atoms with Gasteiger partial charge in [0.15, 0.2) is 0 Å². The molecule has 0 atom stereocenters. The van der Waals surface area contributed by atoms with Crippen molar-refractivity contribution in [2.75, 3.05) is 0 Å². The fourth-order valence-electron chi connectivity index (χ4n) is 2.15. The second-order valence-corrected chi connectivity index (χ2v) is 8.09. The minimum Gasteiger partial charge on any atom is -0.207 e. The summed E-state index contributed by atoms with van der Waals surface area (Å²) in [4.78, 5) is 0.289. The molecule has 0 unspecified atom stereocenters. The average molecular weight is 397 g/mol. The van der Waals surface area contributed by atoms with Crippen LogP contribution in [0.15, 0.2) is 32.0 Å². The van der Waals surface area contributed by atoms with E-state index in [9.17, 15) is 8.42 Å². The van der Waals surface area contributed by atoms with E-state index in [0.717, 1.165) is 30.2 Å². The summed E-state index contributed by atoms with van der Waals surface area (Å²) in [5, 5.41) is 0. The zero-order chi connectivity index (χ0) is 13.4. The summed E-state index contributed by atoms with van der Waals surface area (Å²) in [7, 11) is -3.47. The molecule has 2 rings (SSSR count). The zero-order valence-electron chi connectivity index (χ0n) is 10.0. The van der Waals surface area contributed by atoms with Crippen molar-refractivity contribution in [2.45, 2.75) is 43.0 Å². The summed E-state index contributed by atoms with van der Waals surface area (Å²) in [5.41, 5.74) is -0.236. The Labute approximate surface area is 125 Å². The molecule has 100 valence electrons. The van der Waals surface area contributed by atoms with E-state index in [0.29, 0.717) is 4.47 Å². The Bertz CT molecular complexity index is 548. The van der Waals surface area contributed by atoms with E-state index in [4.69, 9.17) is 0 Å². The lowest BCUT2D eigenvalue weighted by Gasteiger charge is -2.41. The van der Waals surface area contributed by atoms with Gasteiger partial charge in [-0.3, -0.25) is 0 Å². The highest BCUT2D eigenvalue weighted by Gasteiger charge is 2.39. The maximum absolute atomic E-state index is 12.4. The van der Waals surface area contributed by atoms with E-state index in [1.807, 2.05) is 13.0 Å². The first-order valence-electron chi connectivity index (χ1n) is 5.88. The molecule has 1 aromatic rings. The predicted octanol–water partition coefficient (Wildman–Crippen LogP) is 3.82. The van der Waals surface area contributed by atoms with Crippen LogP contribution in [-0.2, 0) is 10.0 Å². The Morgan fingerprint density at radius 3 is 2.50 bits per heavy atom. The van der Waals surface area contributed by atoms with Crippen LogP contribution >= 0.6 is 31.9 Å². The topological polar surface area (TPSA) is 46.2 Å². The number of halogens is 2. The Morgan fingerprint density at radius 2 is 2.00 bits per heavy atom. The summed E-state index contributed by atoms with van der Waals surface area (Å²) >= 11 is 6.60. The first-order chi connectivity index (χ1) is 8.38. The highest BCUT2D eigenvalue weighted by atomic mass is 79.9. The van der Waals surface area contributed by atoms with Crippen molar-refractivity contribution in [3.05, 3.63) is 27.1 Å². The normalized spacial score (nSPS) is 18.4. The van der Waals surface area contributed by atoms with Crippen LogP contribution in [0.3, 0.4) is 0 Å². The van der Waals surface area contributed by atoms with Gasteiger partial charge in [0.2, 0.25) is 10.0 Å². The van der Waals surface area contributed by atoms with E-state index < -0.39 is 10.0 Å². The highest BCUT2D eigenvalue weighted by molar-refractivity contribution is 9.11. The van der Waals surface area contributed by atoms with Crippen molar-refractivity contribution in [1.82, 2.24) is 4.72 Å². The number of sulfonamides is 1. The minimum atomic E-state index is -3.47. The molecular formula is C12H15Br2NO2S. The van der Waals surface area contributed by atoms with Crippen LogP contribution in [0.5, 0.6) is 0 Å². The van der Waals surface area contributed by atoms with Crippen LogP contribution in [0.25, 0.3) is 0 Å². The number of hydrogen-bond donors (Lipinski definition) is 1. The Hall–Kier alpha value is 0.0900. The molecule has 0 saturated heterocycles. The zero-order valence-corrected chi connectivity index (χ0v) is 14.0. The van der Waals surface area contributed by atoms with Crippen molar-refractivity contribution >= 4 is 41.9 Å². The van der Waals surface area contributed by atoms with Crippen LogP contribution in [-0.4, -0.2) is 14.0 Å². The van der Waals surface area contributed by atoms with Gasteiger partial charge in [-0.05, 0) is 59.8 Å². The van der Waals surface area contributed by atoms with E-state index >= 15 is 0 Å². The summed E-state index contributed by atoms with van der Waals surface area (Å²) in [5.74, 6) is 0. The molecule has 1 saturated carbocycles. The number of hydrogen-bond acceptors (Lipinski definition) is 2. The van der Waals surface area contributed by atoms with E-state index in [1.54, 1.807) is 12.1 Å². The summed E-state index contributed by atoms with van der Waals surface area (Å²) in [6.07, 6.45) is 3.77. The van der Waals surface area contributed by atoms with Gasteiger partial charge in [0.25, 0.3) is 0 Å².